The second kappa shape index (κ2) is 9.62. The second-order valence-electron chi connectivity index (χ2n) is 6.99. The molecule has 2 N–H and O–H groups in total. The molecule has 1 aliphatic carbocycles. The average molecular weight is 371 g/mol. The molecule has 2 aromatic carbocycles. The van der Waals surface area contributed by atoms with Crippen molar-refractivity contribution >= 4 is 0 Å². The van der Waals surface area contributed by atoms with E-state index in [1.54, 1.807) is 14.2 Å². The number of ether oxygens (including phenoxy) is 3. The first-order valence-corrected chi connectivity index (χ1v) is 9.52. The third-order valence-corrected chi connectivity index (χ3v) is 5.04. The van der Waals surface area contributed by atoms with Crippen molar-refractivity contribution in [3.63, 3.8) is 0 Å². The molecule has 0 atom stereocenters. The van der Waals surface area contributed by atoms with Crippen LogP contribution in [0, 0.1) is 0 Å². The van der Waals surface area contributed by atoms with Crippen LogP contribution in [0.2, 0.25) is 0 Å². The molecule has 5 nitrogen and oxygen atoms in total. The molecule has 0 saturated heterocycles. The summed E-state index contributed by atoms with van der Waals surface area (Å²) in [7, 11) is 3.29. The molecule has 5 heteroatoms. The van der Waals surface area contributed by atoms with E-state index in [2.05, 4.69) is 5.32 Å². The first-order chi connectivity index (χ1) is 13.2. The van der Waals surface area contributed by atoms with Gasteiger partial charge in [0, 0.05) is 12.6 Å². The Morgan fingerprint density at radius 1 is 0.926 bits per heavy atom. The van der Waals surface area contributed by atoms with Crippen LogP contribution in [0.1, 0.15) is 36.8 Å². The quantitative estimate of drug-likeness (QED) is 0.741. The second-order valence-corrected chi connectivity index (χ2v) is 6.99. The highest BCUT2D eigenvalue weighted by Gasteiger charge is 2.20. The van der Waals surface area contributed by atoms with Crippen molar-refractivity contribution in [2.24, 2.45) is 0 Å². The summed E-state index contributed by atoms with van der Waals surface area (Å²) in [5.74, 6) is 1.95. The molecule has 0 bridgehead atoms. The topological polar surface area (TPSA) is 60.0 Å². The zero-order valence-electron chi connectivity index (χ0n) is 16.1. The van der Waals surface area contributed by atoms with Crippen molar-refractivity contribution in [3.05, 3.63) is 53.6 Å². The lowest BCUT2D eigenvalue weighted by Crippen LogP contribution is -2.34. The summed E-state index contributed by atoms with van der Waals surface area (Å²) in [4.78, 5) is 0. The van der Waals surface area contributed by atoms with Crippen molar-refractivity contribution in [2.75, 3.05) is 14.2 Å². The summed E-state index contributed by atoms with van der Waals surface area (Å²) in [6.07, 6.45) is 3.62. The molecule has 0 aromatic heterocycles. The summed E-state index contributed by atoms with van der Waals surface area (Å²) in [5, 5.41) is 13.2. The number of aliphatic hydroxyl groups excluding tert-OH is 1. The van der Waals surface area contributed by atoms with E-state index in [0.717, 1.165) is 43.4 Å². The molecule has 0 unspecified atom stereocenters. The number of methoxy groups -OCH3 is 2. The number of hydrogen-bond donors (Lipinski definition) is 2. The Labute approximate surface area is 161 Å². The maximum Gasteiger partial charge on any atom is 0.203 e. The molecule has 1 saturated carbocycles. The molecule has 1 aliphatic rings. The van der Waals surface area contributed by atoms with Gasteiger partial charge in [-0.2, -0.15) is 0 Å². The minimum Gasteiger partial charge on any atom is -0.493 e. The summed E-state index contributed by atoms with van der Waals surface area (Å²) in [6.45, 7) is 1.18. The van der Waals surface area contributed by atoms with E-state index in [0.29, 0.717) is 29.9 Å². The molecular formula is C22H29NO4. The van der Waals surface area contributed by atoms with E-state index in [1.165, 1.54) is 0 Å². The van der Waals surface area contributed by atoms with Gasteiger partial charge in [0.25, 0.3) is 0 Å². The summed E-state index contributed by atoms with van der Waals surface area (Å²) >= 11 is 0. The Bertz CT molecular complexity index is 687. The number of nitrogens with one attached hydrogen (secondary N) is 1. The summed E-state index contributed by atoms with van der Waals surface area (Å²) in [6, 6.07) is 14.5. The molecule has 2 aromatic rings. The highest BCUT2D eigenvalue weighted by atomic mass is 16.5. The monoisotopic (exact) mass is 371 g/mol. The van der Waals surface area contributed by atoms with Gasteiger partial charge in [-0.3, -0.25) is 0 Å². The van der Waals surface area contributed by atoms with Crippen LogP contribution in [-0.2, 0) is 13.2 Å². The van der Waals surface area contributed by atoms with Crippen molar-refractivity contribution in [1.29, 1.82) is 0 Å². The van der Waals surface area contributed by atoms with Gasteiger partial charge >= 0.3 is 0 Å². The predicted octanol–water partition coefficient (Wildman–Crippen LogP) is 3.68. The van der Waals surface area contributed by atoms with Gasteiger partial charge in [-0.15, -0.1) is 0 Å². The molecule has 3 rings (SSSR count). The Kier molecular flexibility index (Phi) is 6.96. The van der Waals surface area contributed by atoms with Gasteiger partial charge in [0.05, 0.1) is 20.3 Å². The Morgan fingerprint density at radius 3 is 2.15 bits per heavy atom. The fourth-order valence-corrected chi connectivity index (χ4v) is 3.45. The molecule has 0 amide bonds. The fourth-order valence-electron chi connectivity index (χ4n) is 3.45. The highest BCUT2D eigenvalue weighted by Crippen LogP contribution is 2.39. The zero-order chi connectivity index (χ0) is 19.1. The minimum atomic E-state index is -0.135. The van der Waals surface area contributed by atoms with E-state index < -0.39 is 0 Å². The van der Waals surface area contributed by atoms with Gasteiger partial charge in [-0.1, -0.05) is 30.3 Å². The molecule has 0 spiro atoms. The summed E-state index contributed by atoms with van der Waals surface area (Å²) in [5.41, 5.74) is 2.17. The molecule has 1 fully saturated rings. The number of benzene rings is 2. The molecule has 0 heterocycles. The Hall–Kier alpha value is -2.24. The average Bonchev–Trinajstić information content (AvgIpc) is 2.72. The van der Waals surface area contributed by atoms with Crippen molar-refractivity contribution in [3.8, 4) is 17.2 Å². The number of hydrogen-bond acceptors (Lipinski definition) is 5. The first kappa shape index (κ1) is 19.5. The SMILES string of the molecule is COc1cc(CNC2CCC(O)CC2)cc(OC)c1OCc1ccccc1. The first-order valence-electron chi connectivity index (χ1n) is 9.52. The van der Waals surface area contributed by atoms with Crippen LogP contribution in [0.25, 0.3) is 0 Å². The fraction of sp³-hybridized carbons (Fsp3) is 0.455. The highest BCUT2D eigenvalue weighted by molar-refractivity contribution is 5.54. The van der Waals surface area contributed by atoms with Crippen molar-refractivity contribution in [1.82, 2.24) is 5.32 Å². The third-order valence-electron chi connectivity index (χ3n) is 5.04. The Morgan fingerprint density at radius 2 is 1.56 bits per heavy atom. The van der Waals surface area contributed by atoms with Crippen LogP contribution in [0.4, 0.5) is 0 Å². The van der Waals surface area contributed by atoms with Gasteiger partial charge in [0.15, 0.2) is 11.5 Å². The van der Waals surface area contributed by atoms with Gasteiger partial charge < -0.3 is 24.6 Å². The third kappa shape index (κ3) is 5.37. The van der Waals surface area contributed by atoms with Crippen LogP contribution in [0.15, 0.2) is 42.5 Å². The van der Waals surface area contributed by atoms with Crippen LogP contribution < -0.4 is 19.5 Å². The van der Waals surface area contributed by atoms with E-state index in [1.807, 2.05) is 42.5 Å². The van der Waals surface area contributed by atoms with Crippen molar-refractivity contribution in [2.45, 2.75) is 51.0 Å². The zero-order valence-corrected chi connectivity index (χ0v) is 16.1. The van der Waals surface area contributed by atoms with E-state index >= 15 is 0 Å². The summed E-state index contributed by atoms with van der Waals surface area (Å²) < 4.78 is 17.1. The van der Waals surface area contributed by atoms with E-state index in [-0.39, 0.29) is 6.10 Å². The molecule has 27 heavy (non-hydrogen) atoms. The Balaban J connectivity index is 1.67. The number of aliphatic hydroxyl groups is 1. The molecular weight excluding hydrogens is 342 g/mol. The normalized spacial score (nSPS) is 19.5. The van der Waals surface area contributed by atoms with Crippen LogP contribution in [0.3, 0.4) is 0 Å². The van der Waals surface area contributed by atoms with E-state index in [9.17, 15) is 5.11 Å². The lowest BCUT2D eigenvalue weighted by atomic mass is 9.93. The number of rotatable bonds is 8. The molecule has 0 radical (unpaired) electrons. The van der Waals surface area contributed by atoms with Crippen LogP contribution in [0.5, 0.6) is 17.2 Å². The lowest BCUT2D eigenvalue weighted by Gasteiger charge is -2.26. The largest absolute Gasteiger partial charge is 0.493 e. The van der Waals surface area contributed by atoms with Gasteiger partial charge in [-0.25, -0.2) is 0 Å². The molecule has 0 aliphatic heterocycles. The van der Waals surface area contributed by atoms with Gasteiger partial charge in [0.2, 0.25) is 5.75 Å². The van der Waals surface area contributed by atoms with Crippen molar-refractivity contribution < 1.29 is 19.3 Å². The maximum absolute atomic E-state index is 9.64. The standard InChI is InChI=1S/C22H29NO4/c1-25-20-12-17(14-23-18-8-10-19(24)11-9-18)13-21(26-2)22(20)27-15-16-6-4-3-5-7-16/h3-7,12-13,18-19,23-24H,8-11,14-15H2,1-2H3. The van der Waals surface area contributed by atoms with E-state index in [4.69, 9.17) is 14.2 Å². The lowest BCUT2D eigenvalue weighted by molar-refractivity contribution is 0.116. The maximum atomic E-state index is 9.64. The predicted molar refractivity (Wildman–Crippen MR) is 105 cm³/mol. The van der Waals surface area contributed by atoms with Crippen LogP contribution >= 0.6 is 0 Å². The smallest absolute Gasteiger partial charge is 0.203 e. The van der Waals surface area contributed by atoms with Gasteiger partial charge in [-0.05, 0) is 48.9 Å². The van der Waals surface area contributed by atoms with Crippen LogP contribution in [-0.4, -0.2) is 31.5 Å². The van der Waals surface area contributed by atoms with Gasteiger partial charge in [0.1, 0.15) is 6.61 Å². The molecule has 146 valence electrons. The minimum absolute atomic E-state index is 0.135.